The Hall–Kier alpha value is -3.02. The molecule has 4 atom stereocenters. The van der Waals surface area contributed by atoms with E-state index in [2.05, 4.69) is 17.3 Å². The molecule has 142 valence electrons. The van der Waals surface area contributed by atoms with Crippen molar-refractivity contribution in [3.63, 3.8) is 0 Å². The molecule has 0 radical (unpaired) electrons. The summed E-state index contributed by atoms with van der Waals surface area (Å²) in [5, 5.41) is 5.28. The number of nitrogens with zero attached hydrogens (tertiary/aromatic N) is 3. The van der Waals surface area contributed by atoms with Crippen LogP contribution in [-0.2, 0) is 9.59 Å². The van der Waals surface area contributed by atoms with Crippen LogP contribution in [0.4, 0.5) is 4.39 Å². The number of rotatable bonds is 3. The van der Waals surface area contributed by atoms with Crippen LogP contribution in [0.3, 0.4) is 0 Å². The zero-order valence-corrected chi connectivity index (χ0v) is 15.7. The number of amides is 2. The van der Waals surface area contributed by atoms with Gasteiger partial charge in [-0.2, -0.15) is 10.1 Å². The number of carbonyl (C=O) groups excluding carboxylic acids is 2. The average Bonchev–Trinajstić information content (AvgIpc) is 3.40. The highest BCUT2D eigenvalue weighted by molar-refractivity contribution is 6.06. The number of fused-ring (bicyclic) bond motifs is 5. The highest BCUT2D eigenvalue weighted by atomic mass is 19.1. The molecule has 2 fully saturated rings. The first-order chi connectivity index (χ1) is 13.5. The first kappa shape index (κ1) is 17.1. The minimum absolute atomic E-state index is 0.165. The van der Waals surface area contributed by atoms with Gasteiger partial charge in [-0.1, -0.05) is 24.3 Å². The quantitative estimate of drug-likeness (QED) is 0.468. The number of imide groups is 1. The van der Waals surface area contributed by atoms with E-state index in [0.717, 1.165) is 28.4 Å². The van der Waals surface area contributed by atoms with Crippen molar-refractivity contribution < 1.29 is 14.0 Å². The molecular formula is C22H20FN3O2. The smallest absolute Gasteiger partial charge is 0.254 e. The third kappa shape index (κ3) is 2.27. The Kier molecular flexibility index (Phi) is 3.66. The Morgan fingerprint density at radius 2 is 1.71 bits per heavy atom. The van der Waals surface area contributed by atoms with E-state index >= 15 is 0 Å². The summed E-state index contributed by atoms with van der Waals surface area (Å²) in [5.41, 5.74) is 2.86. The van der Waals surface area contributed by atoms with Gasteiger partial charge in [0.1, 0.15) is 5.82 Å². The Balaban J connectivity index is 1.46. The van der Waals surface area contributed by atoms with E-state index in [-0.39, 0.29) is 41.3 Å². The zero-order valence-electron chi connectivity index (χ0n) is 15.7. The number of halogens is 1. The Labute approximate surface area is 162 Å². The number of carbonyl (C=O) groups is 2. The number of aromatic nitrogens is 1. The number of hydrazone groups is 1. The molecule has 2 aliphatic carbocycles. The largest absolute Gasteiger partial charge is 0.315 e. The van der Waals surface area contributed by atoms with Crippen molar-refractivity contribution in [2.45, 2.75) is 20.3 Å². The molecule has 6 heteroatoms. The van der Waals surface area contributed by atoms with E-state index in [1.165, 1.54) is 12.3 Å². The predicted octanol–water partition coefficient (Wildman–Crippen LogP) is 3.37. The molecular weight excluding hydrogens is 357 g/mol. The number of hydrogen-bond donors (Lipinski definition) is 0. The molecule has 5 nitrogen and oxygen atoms in total. The molecule has 28 heavy (non-hydrogen) atoms. The third-order valence-electron chi connectivity index (χ3n) is 6.32. The van der Waals surface area contributed by atoms with E-state index in [4.69, 9.17) is 0 Å². The van der Waals surface area contributed by atoms with Crippen LogP contribution in [0.1, 0.15) is 23.4 Å². The highest BCUT2D eigenvalue weighted by Crippen LogP contribution is 2.52. The van der Waals surface area contributed by atoms with Gasteiger partial charge in [-0.25, -0.2) is 4.39 Å². The first-order valence-electron chi connectivity index (χ1n) is 9.51. The fraction of sp³-hybridized carbons (Fsp3) is 0.318. The van der Waals surface area contributed by atoms with Gasteiger partial charge in [0.25, 0.3) is 11.8 Å². The molecule has 2 amide bonds. The van der Waals surface area contributed by atoms with Crippen LogP contribution in [0.2, 0.25) is 0 Å². The van der Waals surface area contributed by atoms with Gasteiger partial charge in [-0.15, -0.1) is 0 Å². The molecule has 1 aliphatic heterocycles. The number of aryl methyl sites for hydroxylation is 1. The van der Waals surface area contributed by atoms with E-state index in [1.807, 2.05) is 24.5 Å². The van der Waals surface area contributed by atoms with Crippen molar-refractivity contribution in [2.24, 2.45) is 28.8 Å². The SMILES string of the molecule is Cc1cc(C=NN2C(=O)[C@@H]3[C@H](C2=O)[C@H]2C=C[C@H]3C2)c(C)n1-c1ccccc1F. The summed E-state index contributed by atoms with van der Waals surface area (Å²) in [6.45, 7) is 3.75. The zero-order chi connectivity index (χ0) is 19.6. The van der Waals surface area contributed by atoms with E-state index < -0.39 is 0 Å². The number of hydrogen-bond acceptors (Lipinski definition) is 3. The van der Waals surface area contributed by atoms with Crippen molar-refractivity contribution >= 4 is 18.0 Å². The van der Waals surface area contributed by atoms with Gasteiger partial charge in [0.2, 0.25) is 0 Å². The summed E-state index contributed by atoms with van der Waals surface area (Å²) in [5.74, 6) is -0.906. The minimum atomic E-state index is -0.312. The van der Waals surface area contributed by atoms with Gasteiger partial charge in [0.15, 0.2) is 0 Å². The fourth-order valence-electron chi connectivity index (χ4n) is 5.04. The normalized spacial score (nSPS) is 28.2. The monoisotopic (exact) mass is 377 g/mol. The van der Waals surface area contributed by atoms with E-state index in [9.17, 15) is 14.0 Å². The number of allylic oxidation sites excluding steroid dienone is 2. The van der Waals surface area contributed by atoms with Crippen molar-refractivity contribution in [3.8, 4) is 5.69 Å². The van der Waals surface area contributed by atoms with Crippen LogP contribution in [0.5, 0.6) is 0 Å². The molecule has 5 rings (SSSR count). The van der Waals surface area contributed by atoms with Gasteiger partial charge in [0, 0.05) is 17.0 Å². The second-order valence-electron chi connectivity index (χ2n) is 7.85. The number of benzene rings is 1. The topological polar surface area (TPSA) is 54.7 Å². The van der Waals surface area contributed by atoms with Crippen molar-refractivity contribution in [1.82, 2.24) is 9.58 Å². The maximum Gasteiger partial charge on any atom is 0.254 e. The van der Waals surface area contributed by atoms with Gasteiger partial charge >= 0.3 is 0 Å². The Bertz CT molecular complexity index is 1040. The Morgan fingerprint density at radius 3 is 2.36 bits per heavy atom. The molecule has 0 N–H and O–H groups in total. The van der Waals surface area contributed by atoms with Crippen molar-refractivity contribution in [3.05, 3.63) is 65.3 Å². The number of para-hydroxylation sites is 1. The molecule has 0 unspecified atom stereocenters. The van der Waals surface area contributed by atoms with Gasteiger partial charge < -0.3 is 4.57 Å². The van der Waals surface area contributed by atoms with Crippen LogP contribution in [0, 0.1) is 43.3 Å². The van der Waals surface area contributed by atoms with Crippen LogP contribution >= 0.6 is 0 Å². The van der Waals surface area contributed by atoms with E-state index in [1.54, 1.807) is 18.2 Å². The first-order valence-corrected chi connectivity index (χ1v) is 9.51. The summed E-state index contributed by atoms with van der Waals surface area (Å²) in [7, 11) is 0. The molecule has 1 aromatic heterocycles. The molecule has 3 aliphatic rings. The summed E-state index contributed by atoms with van der Waals surface area (Å²) in [6.07, 6.45) is 6.55. The highest BCUT2D eigenvalue weighted by Gasteiger charge is 2.59. The van der Waals surface area contributed by atoms with Crippen molar-refractivity contribution in [1.29, 1.82) is 0 Å². The summed E-state index contributed by atoms with van der Waals surface area (Å²) < 4.78 is 16.0. The lowest BCUT2D eigenvalue weighted by Gasteiger charge is -2.13. The standard InChI is InChI=1S/C22H20FN3O2/c1-12-9-16(13(2)25(12)18-6-4-3-5-17(18)23)11-24-26-21(27)19-14-7-8-15(10-14)20(19)22(26)28/h3-9,11,14-15,19-20H,10H2,1-2H3/t14-,15-,19-,20+/m0/s1. The third-order valence-corrected chi connectivity index (χ3v) is 6.32. The molecule has 2 aromatic rings. The van der Waals surface area contributed by atoms with Crippen LogP contribution < -0.4 is 0 Å². The maximum atomic E-state index is 14.2. The van der Waals surface area contributed by atoms with E-state index in [0.29, 0.717) is 5.69 Å². The van der Waals surface area contributed by atoms with Crippen LogP contribution in [0.15, 0.2) is 47.6 Å². The molecule has 1 aromatic carbocycles. The molecule has 2 heterocycles. The van der Waals surface area contributed by atoms with Crippen LogP contribution in [0.25, 0.3) is 5.69 Å². The summed E-state index contributed by atoms with van der Waals surface area (Å²) in [6, 6.07) is 8.45. The lowest BCUT2D eigenvalue weighted by molar-refractivity contribution is -0.140. The fourth-order valence-corrected chi connectivity index (χ4v) is 5.04. The predicted molar refractivity (Wildman–Crippen MR) is 102 cm³/mol. The average molecular weight is 377 g/mol. The second kappa shape index (κ2) is 5.99. The second-order valence-corrected chi connectivity index (χ2v) is 7.85. The molecule has 1 saturated heterocycles. The van der Waals surface area contributed by atoms with Crippen LogP contribution in [-0.4, -0.2) is 27.6 Å². The lowest BCUT2D eigenvalue weighted by Crippen LogP contribution is -2.28. The van der Waals surface area contributed by atoms with Crippen molar-refractivity contribution in [2.75, 3.05) is 0 Å². The van der Waals surface area contributed by atoms with Gasteiger partial charge in [-0.05, 0) is 50.3 Å². The molecule has 1 saturated carbocycles. The van der Waals surface area contributed by atoms with Gasteiger partial charge in [-0.3, -0.25) is 9.59 Å². The minimum Gasteiger partial charge on any atom is -0.315 e. The molecule has 0 spiro atoms. The summed E-state index contributed by atoms with van der Waals surface area (Å²) in [4.78, 5) is 25.5. The molecule has 2 bridgehead atoms. The Morgan fingerprint density at radius 1 is 1.07 bits per heavy atom. The summed E-state index contributed by atoms with van der Waals surface area (Å²) >= 11 is 0. The lowest BCUT2D eigenvalue weighted by atomic mass is 9.85. The van der Waals surface area contributed by atoms with Gasteiger partial charge in [0.05, 0.1) is 23.7 Å². The maximum absolute atomic E-state index is 14.2.